The summed E-state index contributed by atoms with van der Waals surface area (Å²) in [7, 11) is 1.95. The summed E-state index contributed by atoms with van der Waals surface area (Å²) < 4.78 is 12.1. The lowest BCUT2D eigenvalue weighted by Crippen LogP contribution is -2.10. The molecule has 3 rings (SSSR count). The summed E-state index contributed by atoms with van der Waals surface area (Å²) in [6.45, 7) is 0.920. The van der Waals surface area contributed by atoms with Crippen LogP contribution >= 0.6 is 12.4 Å². The molecule has 0 aliphatic heterocycles. The van der Waals surface area contributed by atoms with Gasteiger partial charge >= 0.3 is 0 Å². The minimum Gasteiger partial charge on any atom is -0.453 e. The summed E-state index contributed by atoms with van der Waals surface area (Å²) in [4.78, 5) is 0. The molecular formula is C21H22ClNO2. The van der Waals surface area contributed by atoms with E-state index in [0.29, 0.717) is 5.75 Å². The molecule has 1 N–H and O–H groups in total. The van der Waals surface area contributed by atoms with Crippen LogP contribution in [-0.2, 0) is 6.42 Å². The van der Waals surface area contributed by atoms with Gasteiger partial charge in [0.05, 0.1) is 0 Å². The number of hydrogen-bond acceptors (Lipinski definition) is 3. The molecule has 0 atom stereocenters. The molecule has 0 bridgehead atoms. The highest BCUT2D eigenvalue weighted by Crippen LogP contribution is 2.35. The van der Waals surface area contributed by atoms with Crippen molar-refractivity contribution in [1.82, 2.24) is 5.32 Å². The maximum Gasteiger partial charge on any atom is 0.170 e. The van der Waals surface area contributed by atoms with Crippen LogP contribution in [0.25, 0.3) is 0 Å². The Labute approximate surface area is 155 Å². The number of nitrogens with one attached hydrogen (secondary N) is 1. The van der Waals surface area contributed by atoms with Crippen LogP contribution in [0.5, 0.6) is 23.0 Å². The minimum absolute atomic E-state index is 0. The van der Waals surface area contributed by atoms with E-state index in [4.69, 9.17) is 9.47 Å². The zero-order valence-electron chi connectivity index (χ0n) is 14.1. The normalized spacial score (nSPS) is 9.96. The molecule has 3 aromatic rings. The van der Waals surface area contributed by atoms with Crippen molar-refractivity contribution in [2.45, 2.75) is 6.42 Å². The number of ether oxygens (including phenoxy) is 2. The zero-order chi connectivity index (χ0) is 16.6. The first-order valence-corrected chi connectivity index (χ1v) is 8.08. The van der Waals surface area contributed by atoms with Gasteiger partial charge in [0.2, 0.25) is 0 Å². The monoisotopic (exact) mass is 355 g/mol. The van der Waals surface area contributed by atoms with Crippen LogP contribution in [0.2, 0.25) is 0 Å². The molecule has 0 aliphatic rings. The molecule has 25 heavy (non-hydrogen) atoms. The Morgan fingerprint density at radius 3 is 1.84 bits per heavy atom. The first-order valence-electron chi connectivity index (χ1n) is 8.08. The molecule has 0 saturated carbocycles. The zero-order valence-corrected chi connectivity index (χ0v) is 15.0. The number of halogens is 1. The van der Waals surface area contributed by atoms with Crippen molar-refractivity contribution in [3.63, 3.8) is 0 Å². The fraction of sp³-hybridized carbons (Fsp3) is 0.143. The van der Waals surface area contributed by atoms with E-state index in [9.17, 15) is 0 Å². The molecule has 3 nitrogen and oxygen atoms in total. The number of likely N-dealkylation sites (N-methyl/N-ethyl adjacent to an activating group) is 1. The molecule has 0 heterocycles. The van der Waals surface area contributed by atoms with Crippen molar-refractivity contribution in [2.24, 2.45) is 0 Å². The lowest BCUT2D eigenvalue weighted by Gasteiger charge is -2.14. The molecule has 0 unspecified atom stereocenters. The predicted octanol–water partition coefficient (Wildman–Crippen LogP) is 5.45. The first-order chi connectivity index (χ1) is 11.8. The van der Waals surface area contributed by atoms with Gasteiger partial charge in [-0.05, 0) is 62.0 Å². The smallest absolute Gasteiger partial charge is 0.170 e. The van der Waals surface area contributed by atoms with Gasteiger partial charge in [-0.3, -0.25) is 0 Å². The Morgan fingerprint density at radius 1 is 0.720 bits per heavy atom. The molecule has 0 amide bonds. The van der Waals surface area contributed by atoms with E-state index < -0.39 is 0 Å². The highest BCUT2D eigenvalue weighted by Gasteiger charge is 2.09. The highest BCUT2D eigenvalue weighted by atomic mass is 35.5. The lowest BCUT2D eigenvalue weighted by atomic mass is 10.1. The molecule has 0 radical (unpaired) electrons. The van der Waals surface area contributed by atoms with Crippen LogP contribution < -0.4 is 14.8 Å². The molecule has 130 valence electrons. The largest absolute Gasteiger partial charge is 0.453 e. The summed E-state index contributed by atoms with van der Waals surface area (Å²) in [5.74, 6) is 3.01. The topological polar surface area (TPSA) is 30.5 Å². The maximum atomic E-state index is 6.06. The van der Waals surface area contributed by atoms with E-state index in [2.05, 4.69) is 11.4 Å². The predicted molar refractivity (Wildman–Crippen MR) is 104 cm³/mol. The number of rotatable bonds is 7. The van der Waals surface area contributed by atoms with Gasteiger partial charge in [0.25, 0.3) is 0 Å². The fourth-order valence-electron chi connectivity index (χ4n) is 2.37. The summed E-state index contributed by atoms with van der Waals surface area (Å²) in [6, 6.07) is 25.6. The van der Waals surface area contributed by atoms with Gasteiger partial charge in [-0.15, -0.1) is 12.4 Å². The molecule has 0 saturated heterocycles. The van der Waals surface area contributed by atoms with E-state index in [0.717, 1.165) is 30.2 Å². The Morgan fingerprint density at radius 2 is 1.28 bits per heavy atom. The molecule has 0 spiro atoms. The van der Waals surface area contributed by atoms with E-state index in [1.165, 1.54) is 5.56 Å². The van der Waals surface area contributed by atoms with Crippen LogP contribution in [0.1, 0.15) is 5.56 Å². The number of para-hydroxylation sites is 2. The maximum absolute atomic E-state index is 6.06. The van der Waals surface area contributed by atoms with Gasteiger partial charge in [0.1, 0.15) is 11.5 Å². The Kier molecular flexibility index (Phi) is 7.33. The van der Waals surface area contributed by atoms with Gasteiger partial charge in [-0.2, -0.15) is 0 Å². The summed E-state index contributed by atoms with van der Waals surface area (Å²) in [5.41, 5.74) is 1.20. The minimum atomic E-state index is 0. The molecule has 4 heteroatoms. The third-order valence-corrected chi connectivity index (χ3v) is 3.61. The molecule has 0 aliphatic carbocycles. The molecule has 0 fully saturated rings. The van der Waals surface area contributed by atoms with E-state index in [-0.39, 0.29) is 12.4 Å². The van der Waals surface area contributed by atoms with Gasteiger partial charge in [0, 0.05) is 0 Å². The van der Waals surface area contributed by atoms with Gasteiger partial charge in [-0.1, -0.05) is 42.5 Å². The molecular weight excluding hydrogens is 334 g/mol. The summed E-state index contributed by atoms with van der Waals surface area (Å²) in [5, 5.41) is 3.17. The van der Waals surface area contributed by atoms with Crippen molar-refractivity contribution in [2.75, 3.05) is 13.6 Å². The second kappa shape index (κ2) is 9.72. The second-order valence-electron chi connectivity index (χ2n) is 5.46. The third kappa shape index (κ3) is 5.52. The standard InChI is InChI=1S/C21H21NO2.ClH/c1-22-15-14-17-12-13-20(23-18-8-4-2-5-9-18)21(16-17)24-19-10-6-3-7-11-19;/h2-13,16,22H,14-15H2,1H3;1H. The Bertz CT molecular complexity index is 763. The average Bonchev–Trinajstić information content (AvgIpc) is 2.63. The average molecular weight is 356 g/mol. The van der Waals surface area contributed by atoms with E-state index >= 15 is 0 Å². The van der Waals surface area contributed by atoms with Crippen LogP contribution in [-0.4, -0.2) is 13.6 Å². The SMILES string of the molecule is CNCCc1ccc(Oc2ccccc2)c(Oc2ccccc2)c1.Cl. The number of hydrogen-bond donors (Lipinski definition) is 1. The molecule has 0 aromatic heterocycles. The van der Waals surface area contributed by atoms with Crippen LogP contribution in [0.15, 0.2) is 78.9 Å². The van der Waals surface area contributed by atoms with E-state index in [1.807, 2.05) is 79.8 Å². The Balaban J connectivity index is 0.00000225. The lowest BCUT2D eigenvalue weighted by molar-refractivity contribution is 0.418. The first kappa shape index (κ1) is 18.8. The van der Waals surface area contributed by atoms with Crippen molar-refractivity contribution in [3.8, 4) is 23.0 Å². The highest BCUT2D eigenvalue weighted by molar-refractivity contribution is 5.85. The quantitative estimate of drug-likeness (QED) is 0.610. The third-order valence-electron chi connectivity index (χ3n) is 3.61. The fourth-order valence-corrected chi connectivity index (χ4v) is 2.37. The van der Waals surface area contributed by atoms with Crippen molar-refractivity contribution < 1.29 is 9.47 Å². The van der Waals surface area contributed by atoms with Crippen molar-refractivity contribution in [1.29, 1.82) is 0 Å². The van der Waals surface area contributed by atoms with Crippen LogP contribution in [0, 0.1) is 0 Å². The van der Waals surface area contributed by atoms with Crippen molar-refractivity contribution in [3.05, 3.63) is 84.4 Å². The number of benzene rings is 3. The molecule has 3 aromatic carbocycles. The van der Waals surface area contributed by atoms with Gasteiger partial charge in [-0.25, -0.2) is 0 Å². The van der Waals surface area contributed by atoms with Gasteiger partial charge < -0.3 is 14.8 Å². The van der Waals surface area contributed by atoms with E-state index in [1.54, 1.807) is 0 Å². The Hall–Kier alpha value is -2.49. The van der Waals surface area contributed by atoms with Gasteiger partial charge in [0.15, 0.2) is 11.5 Å². The van der Waals surface area contributed by atoms with Crippen molar-refractivity contribution >= 4 is 12.4 Å². The summed E-state index contributed by atoms with van der Waals surface area (Å²) >= 11 is 0. The summed E-state index contributed by atoms with van der Waals surface area (Å²) in [6.07, 6.45) is 0.938. The van der Waals surface area contributed by atoms with Crippen LogP contribution in [0.3, 0.4) is 0 Å². The van der Waals surface area contributed by atoms with Crippen LogP contribution in [0.4, 0.5) is 0 Å². The second-order valence-corrected chi connectivity index (χ2v) is 5.46.